The molecule has 1 N–H and O–H groups in total. The lowest BCUT2D eigenvalue weighted by molar-refractivity contribution is -0.121. The molecule has 7 heteroatoms. The number of piperidine rings is 1. The molecule has 2 saturated heterocycles. The van der Waals surface area contributed by atoms with Crippen molar-refractivity contribution >= 4 is 23.2 Å². The van der Waals surface area contributed by atoms with Crippen LogP contribution in [0.25, 0.3) is 0 Å². The Morgan fingerprint density at radius 1 is 1.03 bits per heavy atom. The summed E-state index contributed by atoms with van der Waals surface area (Å²) in [5.74, 6) is -0.844. The quantitative estimate of drug-likeness (QED) is 0.751. The predicted molar refractivity (Wildman–Crippen MR) is 129 cm³/mol. The highest BCUT2D eigenvalue weighted by Crippen LogP contribution is 2.26. The van der Waals surface area contributed by atoms with Crippen molar-refractivity contribution < 1.29 is 14.0 Å². The molecule has 33 heavy (non-hydrogen) atoms. The van der Waals surface area contributed by atoms with Gasteiger partial charge in [-0.25, -0.2) is 4.39 Å². The maximum Gasteiger partial charge on any atom is 0.253 e. The fraction of sp³-hybridized carbons (Fsp3) is 0.462. The van der Waals surface area contributed by atoms with Gasteiger partial charge in [0.25, 0.3) is 5.91 Å². The summed E-state index contributed by atoms with van der Waals surface area (Å²) in [6, 6.07) is 11.7. The van der Waals surface area contributed by atoms with Gasteiger partial charge in [-0.3, -0.25) is 9.59 Å². The van der Waals surface area contributed by atoms with Crippen molar-refractivity contribution in [3.63, 3.8) is 0 Å². The third-order valence-corrected chi connectivity index (χ3v) is 6.80. The molecule has 0 bridgehead atoms. The molecule has 176 valence electrons. The molecule has 2 amide bonds. The molecule has 1 atom stereocenters. The maximum atomic E-state index is 13.2. The first kappa shape index (κ1) is 23.2. The number of carbonyl (C=O) groups excluding carboxylic acids is 2. The van der Waals surface area contributed by atoms with E-state index in [9.17, 15) is 14.0 Å². The van der Waals surface area contributed by atoms with E-state index in [1.807, 2.05) is 12.1 Å². The monoisotopic (exact) mass is 452 g/mol. The highest BCUT2D eigenvalue weighted by Gasteiger charge is 2.29. The first-order valence-corrected chi connectivity index (χ1v) is 11.9. The van der Waals surface area contributed by atoms with E-state index in [1.54, 1.807) is 4.90 Å². The minimum atomic E-state index is -0.369. The lowest BCUT2D eigenvalue weighted by atomic mass is 9.96. The van der Waals surface area contributed by atoms with Crippen molar-refractivity contribution in [1.82, 2.24) is 9.80 Å². The van der Waals surface area contributed by atoms with Crippen molar-refractivity contribution in [2.45, 2.75) is 26.7 Å². The van der Waals surface area contributed by atoms with Gasteiger partial charge >= 0.3 is 0 Å². The van der Waals surface area contributed by atoms with Gasteiger partial charge in [0.15, 0.2) is 0 Å². The number of amides is 2. The number of likely N-dealkylation sites (tertiary alicyclic amines) is 1. The van der Waals surface area contributed by atoms with Crippen molar-refractivity contribution in [1.29, 1.82) is 0 Å². The molecule has 0 aromatic heterocycles. The smallest absolute Gasteiger partial charge is 0.253 e. The molecular formula is C26H33FN4O2. The molecule has 2 heterocycles. The number of anilines is 2. The van der Waals surface area contributed by atoms with Gasteiger partial charge in [0.05, 0.1) is 5.92 Å². The molecule has 0 saturated carbocycles. The normalized spacial score (nSPS) is 19.4. The second-order valence-electron chi connectivity index (χ2n) is 9.01. The summed E-state index contributed by atoms with van der Waals surface area (Å²) in [5, 5.41) is 3.05. The topological polar surface area (TPSA) is 55.9 Å². The standard InChI is InChI=1S/C26H33FN4O2/c1-3-29-13-15-30(16-14-29)24-11-10-23(17-19(24)2)28-25(32)21-5-4-12-31(18-21)26(33)20-6-8-22(27)9-7-20/h6-11,17,21H,3-5,12-16,18H2,1-2H3,(H,28,32). The average molecular weight is 453 g/mol. The fourth-order valence-electron chi connectivity index (χ4n) is 4.79. The summed E-state index contributed by atoms with van der Waals surface area (Å²) in [6.45, 7) is 10.5. The van der Waals surface area contributed by atoms with Gasteiger partial charge in [-0.15, -0.1) is 0 Å². The van der Waals surface area contributed by atoms with E-state index < -0.39 is 0 Å². The number of aryl methyl sites for hydroxylation is 1. The highest BCUT2D eigenvalue weighted by molar-refractivity contribution is 5.96. The van der Waals surface area contributed by atoms with Gasteiger partial charge in [0, 0.05) is 56.2 Å². The molecule has 2 fully saturated rings. The Bertz CT molecular complexity index is 986. The summed E-state index contributed by atoms with van der Waals surface area (Å²) in [4.78, 5) is 32.3. The Hall–Kier alpha value is -2.93. The molecule has 0 spiro atoms. The summed E-state index contributed by atoms with van der Waals surface area (Å²) >= 11 is 0. The van der Waals surface area contributed by atoms with Crippen LogP contribution in [0.15, 0.2) is 42.5 Å². The number of hydrogen-bond acceptors (Lipinski definition) is 4. The van der Waals surface area contributed by atoms with E-state index in [0.29, 0.717) is 18.7 Å². The second-order valence-corrected chi connectivity index (χ2v) is 9.01. The van der Waals surface area contributed by atoms with Gasteiger partial charge < -0.3 is 20.0 Å². The second kappa shape index (κ2) is 10.3. The average Bonchev–Trinajstić information content (AvgIpc) is 2.84. The first-order valence-electron chi connectivity index (χ1n) is 11.9. The van der Waals surface area contributed by atoms with Gasteiger partial charge in [-0.1, -0.05) is 6.92 Å². The molecule has 0 aliphatic carbocycles. The van der Waals surface area contributed by atoms with Gasteiger partial charge in [-0.2, -0.15) is 0 Å². The van der Waals surface area contributed by atoms with E-state index >= 15 is 0 Å². The highest BCUT2D eigenvalue weighted by atomic mass is 19.1. The predicted octanol–water partition coefficient (Wildman–Crippen LogP) is 3.77. The first-order chi connectivity index (χ1) is 15.9. The van der Waals surface area contributed by atoms with Crippen molar-refractivity contribution in [2.75, 3.05) is 56.0 Å². The van der Waals surface area contributed by atoms with E-state index in [4.69, 9.17) is 0 Å². The molecule has 2 aromatic rings. The summed E-state index contributed by atoms with van der Waals surface area (Å²) < 4.78 is 13.2. The van der Waals surface area contributed by atoms with Crippen molar-refractivity contribution in [3.8, 4) is 0 Å². The molecule has 2 aliphatic heterocycles. The number of nitrogens with zero attached hydrogens (tertiary/aromatic N) is 3. The zero-order valence-electron chi connectivity index (χ0n) is 19.5. The number of carbonyl (C=O) groups is 2. The van der Waals surface area contributed by atoms with Crippen LogP contribution in [0.1, 0.15) is 35.7 Å². The lowest BCUT2D eigenvalue weighted by Gasteiger charge is -2.36. The Morgan fingerprint density at radius 3 is 2.42 bits per heavy atom. The number of rotatable bonds is 5. The van der Waals surface area contributed by atoms with Crippen LogP contribution < -0.4 is 10.2 Å². The third kappa shape index (κ3) is 5.53. The van der Waals surface area contributed by atoms with Crippen LogP contribution in [0, 0.1) is 18.7 Å². The van der Waals surface area contributed by atoms with Crippen LogP contribution >= 0.6 is 0 Å². The Morgan fingerprint density at radius 2 is 1.76 bits per heavy atom. The number of hydrogen-bond donors (Lipinski definition) is 1. The van der Waals surface area contributed by atoms with E-state index in [2.05, 4.69) is 35.0 Å². The zero-order valence-corrected chi connectivity index (χ0v) is 19.5. The SMILES string of the molecule is CCN1CCN(c2ccc(NC(=O)C3CCCN(C(=O)c4ccc(F)cc4)C3)cc2C)CC1. The zero-order chi connectivity index (χ0) is 23.4. The van der Waals surface area contributed by atoms with Crippen LogP contribution in [0.4, 0.5) is 15.8 Å². The summed E-state index contributed by atoms with van der Waals surface area (Å²) in [6.07, 6.45) is 1.52. The molecule has 2 aliphatic rings. The molecule has 0 radical (unpaired) electrons. The number of nitrogens with one attached hydrogen (secondary N) is 1. The number of likely N-dealkylation sites (N-methyl/N-ethyl adjacent to an activating group) is 1. The van der Waals surface area contributed by atoms with Gasteiger partial charge in [-0.05, 0) is 74.3 Å². The molecule has 2 aromatic carbocycles. The van der Waals surface area contributed by atoms with Crippen LogP contribution in [0.2, 0.25) is 0 Å². The summed E-state index contributed by atoms with van der Waals surface area (Å²) in [7, 11) is 0. The van der Waals surface area contributed by atoms with Crippen molar-refractivity contribution in [3.05, 3.63) is 59.4 Å². The van der Waals surface area contributed by atoms with Gasteiger partial charge in [0.2, 0.25) is 5.91 Å². The fourth-order valence-corrected chi connectivity index (χ4v) is 4.79. The largest absolute Gasteiger partial charge is 0.369 e. The lowest BCUT2D eigenvalue weighted by Crippen LogP contribution is -2.46. The summed E-state index contributed by atoms with van der Waals surface area (Å²) in [5.41, 5.74) is 3.60. The van der Waals surface area contributed by atoms with Crippen LogP contribution in [0.5, 0.6) is 0 Å². The molecular weight excluding hydrogens is 419 g/mol. The molecule has 6 nitrogen and oxygen atoms in total. The van der Waals surface area contributed by atoms with E-state index in [0.717, 1.165) is 56.8 Å². The van der Waals surface area contributed by atoms with Crippen LogP contribution in [0.3, 0.4) is 0 Å². The number of halogens is 1. The third-order valence-electron chi connectivity index (χ3n) is 6.80. The van der Waals surface area contributed by atoms with E-state index in [1.165, 1.54) is 30.0 Å². The Labute approximate surface area is 195 Å². The molecule has 1 unspecified atom stereocenters. The van der Waals surface area contributed by atoms with Crippen LogP contribution in [-0.2, 0) is 4.79 Å². The van der Waals surface area contributed by atoms with Crippen LogP contribution in [-0.4, -0.2) is 67.4 Å². The Kier molecular flexibility index (Phi) is 7.28. The maximum absolute atomic E-state index is 13.2. The number of piperazine rings is 1. The minimum Gasteiger partial charge on any atom is -0.369 e. The van der Waals surface area contributed by atoms with E-state index in [-0.39, 0.29) is 23.5 Å². The van der Waals surface area contributed by atoms with Gasteiger partial charge in [0.1, 0.15) is 5.82 Å². The minimum absolute atomic E-state index is 0.0599. The van der Waals surface area contributed by atoms with Crippen molar-refractivity contribution in [2.24, 2.45) is 5.92 Å². The Balaban J connectivity index is 1.36. The number of benzene rings is 2. The molecule has 4 rings (SSSR count).